The number of nitrogens with one attached hydrogen (secondary N) is 1. The van der Waals surface area contributed by atoms with Crippen molar-refractivity contribution in [3.05, 3.63) is 33.0 Å². The van der Waals surface area contributed by atoms with Gasteiger partial charge in [0.25, 0.3) is 5.91 Å². The first-order valence-electron chi connectivity index (χ1n) is 8.30. The number of amides is 1. The first-order chi connectivity index (χ1) is 11.0. The van der Waals surface area contributed by atoms with Gasteiger partial charge < -0.3 is 5.32 Å². The summed E-state index contributed by atoms with van der Waals surface area (Å²) >= 11 is 1.67. The van der Waals surface area contributed by atoms with Gasteiger partial charge in [-0.05, 0) is 57.1 Å². The van der Waals surface area contributed by atoms with Crippen LogP contribution < -0.4 is 5.32 Å². The van der Waals surface area contributed by atoms with Gasteiger partial charge in [-0.25, -0.2) is 4.98 Å². The van der Waals surface area contributed by atoms with Crippen molar-refractivity contribution in [3.8, 4) is 0 Å². The Morgan fingerprint density at radius 1 is 1.48 bits per heavy atom. The molecule has 2 heterocycles. The highest BCUT2D eigenvalue weighted by Crippen LogP contribution is 2.32. The fourth-order valence-corrected chi connectivity index (χ4v) is 4.23. The Labute approximate surface area is 141 Å². The summed E-state index contributed by atoms with van der Waals surface area (Å²) in [5.74, 6) is 2.52. The van der Waals surface area contributed by atoms with E-state index in [2.05, 4.69) is 28.4 Å². The van der Waals surface area contributed by atoms with Crippen molar-refractivity contribution in [2.24, 2.45) is 5.92 Å². The van der Waals surface area contributed by atoms with Crippen LogP contribution in [0.5, 0.6) is 0 Å². The minimum atomic E-state index is 0.0588. The van der Waals surface area contributed by atoms with Gasteiger partial charge in [0.05, 0.1) is 4.88 Å². The van der Waals surface area contributed by atoms with E-state index in [0.717, 1.165) is 48.3 Å². The number of thiophene rings is 1. The molecule has 23 heavy (non-hydrogen) atoms. The summed E-state index contributed by atoms with van der Waals surface area (Å²) in [5.41, 5.74) is 1.38. The summed E-state index contributed by atoms with van der Waals surface area (Å²) < 4.78 is 1.90. The maximum absolute atomic E-state index is 12.3. The third kappa shape index (κ3) is 3.80. The van der Waals surface area contributed by atoms with Gasteiger partial charge in [0, 0.05) is 18.0 Å². The number of carbonyl (C=O) groups excluding carboxylic acids is 1. The zero-order valence-corrected chi connectivity index (χ0v) is 14.9. The maximum atomic E-state index is 12.3. The summed E-state index contributed by atoms with van der Waals surface area (Å²) in [6, 6.07) is 2.09. The molecule has 0 radical (unpaired) electrons. The number of fused-ring (bicyclic) bond motifs is 1. The Bertz CT molecular complexity index is 704. The Balaban J connectivity index is 1.49. The summed E-state index contributed by atoms with van der Waals surface area (Å²) in [5, 5.41) is 7.36. The minimum absolute atomic E-state index is 0.0588. The zero-order chi connectivity index (χ0) is 16.4. The molecule has 0 aliphatic heterocycles. The molecule has 0 bridgehead atoms. The van der Waals surface area contributed by atoms with E-state index in [1.165, 1.54) is 16.9 Å². The van der Waals surface area contributed by atoms with Crippen LogP contribution in [0.4, 0.5) is 0 Å². The lowest BCUT2D eigenvalue weighted by Crippen LogP contribution is -2.24. The van der Waals surface area contributed by atoms with Crippen molar-refractivity contribution in [1.29, 1.82) is 0 Å². The molecule has 0 saturated heterocycles. The van der Waals surface area contributed by atoms with Crippen molar-refractivity contribution < 1.29 is 4.79 Å². The van der Waals surface area contributed by atoms with Crippen LogP contribution in [0.3, 0.4) is 0 Å². The minimum Gasteiger partial charge on any atom is -0.351 e. The van der Waals surface area contributed by atoms with Crippen molar-refractivity contribution >= 4 is 17.2 Å². The molecule has 0 saturated carbocycles. The van der Waals surface area contributed by atoms with E-state index in [0.29, 0.717) is 6.54 Å². The lowest BCUT2D eigenvalue weighted by Gasteiger charge is -2.16. The first kappa shape index (κ1) is 16.2. The average Bonchev–Trinajstić information content (AvgIpc) is 3.06. The normalized spacial score (nSPS) is 17.1. The van der Waals surface area contributed by atoms with Crippen LogP contribution in [0.15, 0.2) is 6.07 Å². The van der Waals surface area contributed by atoms with E-state index in [1.54, 1.807) is 11.3 Å². The Morgan fingerprint density at radius 3 is 3.04 bits per heavy atom. The molecule has 2 aromatic rings. The van der Waals surface area contributed by atoms with E-state index in [1.807, 2.05) is 18.5 Å². The second-order valence-corrected chi connectivity index (χ2v) is 7.58. The molecule has 0 aromatic carbocycles. The summed E-state index contributed by atoms with van der Waals surface area (Å²) in [6.45, 7) is 7.58. The second-order valence-electron chi connectivity index (χ2n) is 6.45. The molecular formula is C17H24N4OS. The Morgan fingerprint density at radius 2 is 2.30 bits per heavy atom. The fourth-order valence-electron chi connectivity index (χ4n) is 3.11. The number of nitrogens with zero attached hydrogens (tertiary/aromatic N) is 3. The molecule has 0 unspecified atom stereocenters. The number of hydrogen-bond acceptors (Lipinski definition) is 4. The molecule has 1 atom stereocenters. The molecule has 0 spiro atoms. The van der Waals surface area contributed by atoms with Gasteiger partial charge in [-0.3, -0.25) is 9.48 Å². The van der Waals surface area contributed by atoms with Gasteiger partial charge in [0.2, 0.25) is 0 Å². The largest absolute Gasteiger partial charge is 0.351 e. The highest BCUT2D eigenvalue weighted by Gasteiger charge is 2.20. The molecule has 5 nitrogen and oxygen atoms in total. The maximum Gasteiger partial charge on any atom is 0.261 e. The highest BCUT2D eigenvalue weighted by molar-refractivity contribution is 7.14. The third-order valence-electron chi connectivity index (χ3n) is 4.35. The van der Waals surface area contributed by atoms with Gasteiger partial charge >= 0.3 is 0 Å². The second kappa shape index (κ2) is 6.83. The van der Waals surface area contributed by atoms with Crippen molar-refractivity contribution in [2.45, 2.75) is 53.0 Å². The van der Waals surface area contributed by atoms with Gasteiger partial charge in [-0.15, -0.1) is 11.3 Å². The van der Waals surface area contributed by atoms with Crippen LogP contribution in [0, 0.1) is 19.8 Å². The van der Waals surface area contributed by atoms with Crippen molar-refractivity contribution in [2.75, 3.05) is 6.54 Å². The quantitative estimate of drug-likeness (QED) is 0.857. The standard InChI is InChI=1S/C17H24N4OS/c1-11-5-6-15-14(9-11)10-16(23-15)17(22)18-7-4-8-21-13(3)19-12(2)20-21/h10-11H,4-9H2,1-3H3,(H,18,22)/t11-/m1/s1. The predicted molar refractivity (Wildman–Crippen MR) is 92.0 cm³/mol. The molecule has 1 amide bonds. The number of rotatable bonds is 5. The van der Waals surface area contributed by atoms with E-state index in [9.17, 15) is 4.79 Å². The smallest absolute Gasteiger partial charge is 0.261 e. The third-order valence-corrected chi connectivity index (χ3v) is 5.58. The monoisotopic (exact) mass is 332 g/mol. The fraction of sp³-hybridized carbons (Fsp3) is 0.588. The van der Waals surface area contributed by atoms with Crippen molar-refractivity contribution in [3.63, 3.8) is 0 Å². The van der Waals surface area contributed by atoms with Crippen LogP contribution in [0.1, 0.15) is 51.5 Å². The van der Waals surface area contributed by atoms with Gasteiger partial charge in [-0.1, -0.05) is 6.92 Å². The predicted octanol–water partition coefficient (Wildman–Crippen LogP) is 2.90. The van der Waals surface area contributed by atoms with E-state index in [-0.39, 0.29) is 5.91 Å². The summed E-state index contributed by atoms with van der Waals surface area (Å²) in [4.78, 5) is 18.8. The topological polar surface area (TPSA) is 59.8 Å². The number of hydrogen-bond donors (Lipinski definition) is 1. The van der Waals surface area contributed by atoms with Crippen LogP contribution in [0.2, 0.25) is 0 Å². The highest BCUT2D eigenvalue weighted by atomic mass is 32.1. The SMILES string of the molecule is Cc1nc(C)n(CCCNC(=O)c2cc3c(s2)CC[C@@H](C)C3)n1. The molecule has 1 N–H and O–H groups in total. The first-order valence-corrected chi connectivity index (χ1v) is 9.12. The van der Waals surface area contributed by atoms with E-state index < -0.39 is 0 Å². The molecule has 1 aliphatic rings. The average molecular weight is 332 g/mol. The Hall–Kier alpha value is -1.69. The van der Waals surface area contributed by atoms with Gasteiger partial charge in [-0.2, -0.15) is 5.10 Å². The van der Waals surface area contributed by atoms with Crippen LogP contribution >= 0.6 is 11.3 Å². The molecule has 2 aromatic heterocycles. The Kier molecular flexibility index (Phi) is 4.80. The molecule has 3 rings (SSSR count). The van der Waals surface area contributed by atoms with Gasteiger partial charge in [0.1, 0.15) is 11.6 Å². The molecular weight excluding hydrogens is 308 g/mol. The molecule has 124 valence electrons. The van der Waals surface area contributed by atoms with Crippen molar-refractivity contribution in [1.82, 2.24) is 20.1 Å². The van der Waals surface area contributed by atoms with Gasteiger partial charge in [0.15, 0.2) is 0 Å². The van der Waals surface area contributed by atoms with E-state index >= 15 is 0 Å². The number of carbonyl (C=O) groups is 1. The molecule has 0 fully saturated rings. The van der Waals surface area contributed by atoms with Crippen LogP contribution in [-0.2, 0) is 19.4 Å². The summed E-state index contributed by atoms with van der Waals surface area (Å²) in [7, 11) is 0. The van der Waals surface area contributed by atoms with Crippen LogP contribution in [0.25, 0.3) is 0 Å². The van der Waals surface area contributed by atoms with Crippen LogP contribution in [-0.4, -0.2) is 27.2 Å². The lowest BCUT2D eigenvalue weighted by molar-refractivity contribution is 0.0956. The number of aromatic nitrogens is 3. The molecule has 1 aliphatic carbocycles. The summed E-state index contributed by atoms with van der Waals surface area (Å²) in [6.07, 6.45) is 4.34. The molecule has 6 heteroatoms. The number of aryl methyl sites for hydroxylation is 4. The van der Waals surface area contributed by atoms with E-state index in [4.69, 9.17) is 0 Å². The zero-order valence-electron chi connectivity index (χ0n) is 14.1. The lowest BCUT2D eigenvalue weighted by atomic mass is 9.90.